The van der Waals surface area contributed by atoms with Crippen LogP contribution in [0.5, 0.6) is 0 Å². The molecule has 2 atom stereocenters. The number of aliphatic hydroxyl groups excluding tert-OH is 1. The molecule has 15 heavy (non-hydrogen) atoms. The van der Waals surface area contributed by atoms with Crippen LogP contribution in [0.2, 0.25) is 0 Å². The van der Waals surface area contributed by atoms with Gasteiger partial charge in [-0.2, -0.15) is 0 Å². The number of halogens is 1. The van der Waals surface area contributed by atoms with E-state index < -0.39 is 0 Å². The Bertz CT molecular complexity index is 310. The van der Waals surface area contributed by atoms with E-state index in [0.717, 1.165) is 5.56 Å². The van der Waals surface area contributed by atoms with Crippen molar-refractivity contribution in [3.8, 4) is 0 Å². The quantitative estimate of drug-likeness (QED) is 0.798. The van der Waals surface area contributed by atoms with Gasteiger partial charge in [0.1, 0.15) is 5.82 Å². The molecule has 84 valence electrons. The Morgan fingerprint density at radius 3 is 2.33 bits per heavy atom. The van der Waals surface area contributed by atoms with Gasteiger partial charge in [-0.15, -0.1) is 0 Å². The zero-order valence-electron chi connectivity index (χ0n) is 9.20. The second-order valence-corrected chi connectivity index (χ2v) is 4.19. The van der Waals surface area contributed by atoms with E-state index in [1.807, 2.05) is 13.8 Å². The second-order valence-electron chi connectivity index (χ2n) is 4.19. The van der Waals surface area contributed by atoms with Crippen molar-refractivity contribution in [1.29, 1.82) is 0 Å². The Hall–Kier alpha value is -0.930. The summed E-state index contributed by atoms with van der Waals surface area (Å²) in [6, 6.07) is 6.22. The second kappa shape index (κ2) is 4.73. The number of hydrogen-bond donors (Lipinski definition) is 2. The van der Waals surface area contributed by atoms with Crippen LogP contribution in [0, 0.1) is 5.82 Å². The monoisotopic (exact) mass is 211 g/mol. The SMILES string of the molecule is CC(N)C(C)(CCO)c1ccc(F)cc1. The van der Waals surface area contributed by atoms with Gasteiger partial charge < -0.3 is 10.8 Å². The van der Waals surface area contributed by atoms with Crippen LogP contribution in [0.15, 0.2) is 24.3 Å². The molecule has 0 fully saturated rings. The zero-order valence-corrected chi connectivity index (χ0v) is 9.20. The summed E-state index contributed by atoms with van der Waals surface area (Å²) >= 11 is 0. The van der Waals surface area contributed by atoms with E-state index in [-0.39, 0.29) is 23.9 Å². The summed E-state index contributed by atoms with van der Waals surface area (Å²) in [7, 11) is 0. The van der Waals surface area contributed by atoms with Crippen LogP contribution in [0.1, 0.15) is 25.8 Å². The van der Waals surface area contributed by atoms with E-state index >= 15 is 0 Å². The molecule has 0 amide bonds. The molecular weight excluding hydrogens is 193 g/mol. The third-order valence-electron chi connectivity index (χ3n) is 3.14. The Kier molecular flexibility index (Phi) is 3.83. The molecule has 0 aromatic heterocycles. The molecule has 1 aromatic carbocycles. The third kappa shape index (κ3) is 2.55. The van der Waals surface area contributed by atoms with Crippen molar-refractivity contribution in [1.82, 2.24) is 0 Å². The van der Waals surface area contributed by atoms with Gasteiger partial charge in [0.2, 0.25) is 0 Å². The van der Waals surface area contributed by atoms with Crippen molar-refractivity contribution >= 4 is 0 Å². The molecule has 1 rings (SSSR count). The lowest BCUT2D eigenvalue weighted by atomic mass is 9.74. The van der Waals surface area contributed by atoms with Crippen molar-refractivity contribution < 1.29 is 9.50 Å². The average molecular weight is 211 g/mol. The fourth-order valence-corrected chi connectivity index (χ4v) is 1.70. The fourth-order valence-electron chi connectivity index (χ4n) is 1.70. The number of rotatable bonds is 4. The summed E-state index contributed by atoms with van der Waals surface area (Å²) in [4.78, 5) is 0. The molecule has 0 saturated heterocycles. The summed E-state index contributed by atoms with van der Waals surface area (Å²) < 4.78 is 12.8. The molecule has 0 radical (unpaired) electrons. The van der Waals surface area contributed by atoms with Crippen molar-refractivity contribution in [2.24, 2.45) is 5.73 Å². The van der Waals surface area contributed by atoms with Gasteiger partial charge in [-0.1, -0.05) is 19.1 Å². The van der Waals surface area contributed by atoms with Crippen LogP contribution in [0.25, 0.3) is 0 Å². The minimum absolute atomic E-state index is 0.0788. The summed E-state index contributed by atoms with van der Waals surface area (Å²) in [6.45, 7) is 3.97. The first-order valence-electron chi connectivity index (χ1n) is 5.13. The Balaban J connectivity index is 3.04. The van der Waals surface area contributed by atoms with Gasteiger partial charge in [0.25, 0.3) is 0 Å². The molecule has 0 saturated carbocycles. The van der Waals surface area contributed by atoms with Crippen molar-refractivity contribution in [2.75, 3.05) is 6.61 Å². The summed E-state index contributed by atoms with van der Waals surface area (Å²) in [5, 5.41) is 9.04. The molecule has 2 unspecified atom stereocenters. The lowest BCUT2D eigenvalue weighted by Crippen LogP contribution is -2.41. The lowest BCUT2D eigenvalue weighted by molar-refractivity contribution is 0.229. The molecule has 0 aliphatic carbocycles. The zero-order chi connectivity index (χ0) is 11.5. The number of benzene rings is 1. The highest BCUT2D eigenvalue weighted by molar-refractivity contribution is 5.27. The third-order valence-corrected chi connectivity index (χ3v) is 3.14. The number of hydrogen-bond acceptors (Lipinski definition) is 2. The van der Waals surface area contributed by atoms with E-state index in [9.17, 15) is 4.39 Å². The van der Waals surface area contributed by atoms with Crippen LogP contribution in [0.3, 0.4) is 0 Å². The van der Waals surface area contributed by atoms with Crippen LogP contribution >= 0.6 is 0 Å². The normalized spacial score (nSPS) is 17.1. The van der Waals surface area contributed by atoms with Gasteiger partial charge in [0.05, 0.1) is 0 Å². The molecular formula is C12H18FNO. The van der Waals surface area contributed by atoms with Crippen LogP contribution in [-0.4, -0.2) is 17.8 Å². The molecule has 0 aliphatic rings. The summed E-state index contributed by atoms with van der Waals surface area (Å²) in [5.74, 6) is -0.255. The van der Waals surface area contributed by atoms with Gasteiger partial charge in [-0.25, -0.2) is 4.39 Å². The molecule has 3 heteroatoms. The highest BCUT2D eigenvalue weighted by Gasteiger charge is 2.30. The van der Waals surface area contributed by atoms with E-state index in [1.54, 1.807) is 12.1 Å². The average Bonchev–Trinajstić information content (AvgIpc) is 2.18. The maximum atomic E-state index is 12.8. The fraction of sp³-hybridized carbons (Fsp3) is 0.500. The van der Waals surface area contributed by atoms with Gasteiger partial charge in [-0.3, -0.25) is 0 Å². The molecule has 3 N–H and O–H groups in total. The molecule has 0 aliphatic heterocycles. The van der Waals surface area contributed by atoms with Crippen molar-refractivity contribution in [2.45, 2.75) is 31.7 Å². The minimum atomic E-state index is -0.303. The smallest absolute Gasteiger partial charge is 0.123 e. The largest absolute Gasteiger partial charge is 0.396 e. The first-order chi connectivity index (χ1) is 7.00. The Labute approximate surface area is 89.9 Å². The number of nitrogens with two attached hydrogens (primary N) is 1. The first kappa shape index (κ1) is 12.1. The Morgan fingerprint density at radius 1 is 1.40 bits per heavy atom. The van der Waals surface area contributed by atoms with Crippen LogP contribution in [0.4, 0.5) is 4.39 Å². The highest BCUT2D eigenvalue weighted by atomic mass is 19.1. The van der Waals surface area contributed by atoms with Gasteiger partial charge in [-0.05, 0) is 31.0 Å². The van der Waals surface area contributed by atoms with E-state index in [4.69, 9.17) is 10.8 Å². The highest BCUT2D eigenvalue weighted by Crippen LogP contribution is 2.30. The maximum absolute atomic E-state index is 12.8. The van der Waals surface area contributed by atoms with Gasteiger partial charge in [0.15, 0.2) is 0 Å². The van der Waals surface area contributed by atoms with Crippen molar-refractivity contribution in [3.05, 3.63) is 35.6 Å². The lowest BCUT2D eigenvalue weighted by Gasteiger charge is -2.33. The Morgan fingerprint density at radius 2 is 1.93 bits per heavy atom. The first-order valence-corrected chi connectivity index (χ1v) is 5.13. The van der Waals surface area contributed by atoms with Gasteiger partial charge >= 0.3 is 0 Å². The van der Waals surface area contributed by atoms with E-state index in [2.05, 4.69) is 0 Å². The van der Waals surface area contributed by atoms with Crippen molar-refractivity contribution in [3.63, 3.8) is 0 Å². The molecule has 0 bridgehead atoms. The predicted octanol–water partition coefficient (Wildman–Crippen LogP) is 1.81. The molecule has 0 spiro atoms. The van der Waals surface area contributed by atoms with Gasteiger partial charge in [0, 0.05) is 18.1 Å². The number of aliphatic hydroxyl groups is 1. The predicted molar refractivity (Wildman–Crippen MR) is 59.1 cm³/mol. The van der Waals surface area contributed by atoms with E-state index in [1.165, 1.54) is 12.1 Å². The maximum Gasteiger partial charge on any atom is 0.123 e. The van der Waals surface area contributed by atoms with Crippen LogP contribution in [-0.2, 0) is 5.41 Å². The van der Waals surface area contributed by atoms with E-state index in [0.29, 0.717) is 6.42 Å². The molecule has 1 aromatic rings. The molecule has 0 heterocycles. The summed E-state index contributed by atoms with van der Waals surface area (Å²) in [5.41, 5.74) is 6.58. The topological polar surface area (TPSA) is 46.2 Å². The van der Waals surface area contributed by atoms with Crippen LogP contribution < -0.4 is 5.73 Å². The molecule has 2 nitrogen and oxygen atoms in total. The standard InChI is InChI=1S/C12H18FNO/c1-9(14)12(2,7-8-15)10-3-5-11(13)6-4-10/h3-6,9,15H,7-8,14H2,1-2H3. The minimum Gasteiger partial charge on any atom is -0.396 e. The summed E-state index contributed by atoms with van der Waals surface area (Å²) in [6.07, 6.45) is 0.580.